The first-order valence-corrected chi connectivity index (χ1v) is 7.30. The summed E-state index contributed by atoms with van der Waals surface area (Å²) < 4.78 is 3.55. The number of benzene rings is 1. The zero-order valence-electron chi connectivity index (χ0n) is 11.2. The normalized spacial score (nSPS) is 12.6. The first-order chi connectivity index (χ1) is 9.75. The summed E-state index contributed by atoms with van der Waals surface area (Å²) >= 11 is 17.4. The lowest BCUT2D eigenvalue weighted by molar-refractivity contribution is -0.123. The van der Waals surface area contributed by atoms with Gasteiger partial charge in [0.15, 0.2) is 0 Å². The fourth-order valence-electron chi connectivity index (χ4n) is 1.52. The predicted octanol–water partition coefficient (Wildman–Crippen LogP) is 2.78. The minimum Gasteiger partial charge on any atom is -0.465 e. The lowest BCUT2D eigenvalue weighted by atomic mass is 10.2. The number of carbonyl (C=O) groups excluding carboxylic acids is 2. The highest BCUT2D eigenvalue weighted by atomic mass is 35.6. The summed E-state index contributed by atoms with van der Waals surface area (Å²) in [6.45, 7) is 1.84. The van der Waals surface area contributed by atoms with E-state index in [4.69, 9.17) is 45.3 Å². The maximum Gasteiger partial charge on any atom is 0.252 e. The van der Waals surface area contributed by atoms with Gasteiger partial charge in [0.1, 0.15) is 5.75 Å². The van der Waals surface area contributed by atoms with Crippen molar-refractivity contribution in [3.63, 3.8) is 0 Å². The predicted molar refractivity (Wildman–Crippen MR) is 82.7 cm³/mol. The SMILES string of the molecule is CCCC(=O)NC(Oc1ccccc1C(N)=O)C(Cl)(Cl)Cl. The number of amides is 2. The molecule has 1 atom stereocenters. The van der Waals surface area contributed by atoms with Crippen LogP contribution in [0.2, 0.25) is 0 Å². The molecular formula is C13H15Cl3N2O3. The molecule has 0 radical (unpaired) electrons. The molecule has 0 bridgehead atoms. The van der Waals surface area contributed by atoms with Crippen LogP contribution in [0.4, 0.5) is 0 Å². The first-order valence-electron chi connectivity index (χ1n) is 6.17. The van der Waals surface area contributed by atoms with E-state index in [0.717, 1.165) is 0 Å². The molecule has 0 spiro atoms. The number of para-hydroxylation sites is 1. The molecule has 1 aromatic carbocycles. The third kappa shape index (κ3) is 5.61. The van der Waals surface area contributed by atoms with Gasteiger partial charge in [-0.3, -0.25) is 9.59 Å². The van der Waals surface area contributed by atoms with Gasteiger partial charge < -0.3 is 15.8 Å². The second-order valence-corrected chi connectivity index (χ2v) is 6.59. The highest BCUT2D eigenvalue weighted by molar-refractivity contribution is 6.68. The molecule has 0 aliphatic carbocycles. The topological polar surface area (TPSA) is 81.4 Å². The Balaban J connectivity index is 2.97. The van der Waals surface area contributed by atoms with E-state index in [1.165, 1.54) is 12.1 Å². The third-order valence-electron chi connectivity index (χ3n) is 2.46. The molecule has 5 nitrogen and oxygen atoms in total. The second kappa shape index (κ2) is 7.73. The van der Waals surface area contributed by atoms with Gasteiger partial charge in [0.25, 0.3) is 5.91 Å². The van der Waals surface area contributed by atoms with Gasteiger partial charge in [0.2, 0.25) is 15.9 Å². The van der Waals surface area contributed by atoms with E-state index in [1.807, 2.05) is 6.92 Å². The summed E-state index contributed by atoms with van der Waals surface area (Å²) in [5.74, 6) is -0.892. The molecule has 0 saturated heterocycles. The minimum atomic E-state index is -1.91. The number of halogens is 3. The van der Waals surface area contributed by atoms with Crippen molar-refractivity contribution in [3.8, 4) is 5.75 Å². The van der Waals surface area contributed by atoms with Crippen LogP contribution >= 0.6 is 34.8 Å². The average Bonchev–Trinajstić information content (AvgIpc) is 2.37. The average molecular weight is 354 g/mol. The van der Waals surface area contributed by atoms with Crippen molar-refractivity contribution >= 4 is 46.6 Å². The Morgan fingerprint density at radius 1 is 1.33 bits per heavy atom. The van der Waals surface area contributed by atoms with Crippen LogP contribution in [-0.2, 0) is 4.79 Å². The molecule has 116 valence electrons. The number of carbonyl (C=O) groups is 2. The molecule has 0 heterocycles. The Hall–Kier alpha value is -1.17. The van der Waals surface area contributed by atoms with Crippen molar-refractivity contribution < 1.29 is 14.3 Å². The highest BCUT2D eigenvalue weighted by Gasteiger charge is 2.36. The standard InChI is InChI=1S/C13H15Cl3N2O3/c1-2-5-10(19)18-12(13(14,15)16)21-9-7-4-3-6-8(9)11(17)20/h3-4,6-7,12H,2,5H2,1H3,(H2,17,20)(H,18,19). The fraction of sp³-hybridized carbons (Fsp3) is 0.385. The van der Waals surface area contributed by atoms with Crippen LogP contribution in [0.15, 0.2) is 24.3 Å². The number of primary amides is 1. The molecule has 0 aromatic heterocycles. The van der Waals surface area contributed by atoms with E-state index in [9.17, 15) is 9.59 Å². The van der Waals surface area contributed by atoms with Crippen molar-refractivity contribution in [2.24, 2.45) is 5.73 Å². The smallest absolute Gasteiger partial charge is 0.252 e. The Morgan fingerprint density at radius 3 is 2.48 bits per heavy atom. The van der Waals surface area contributed by atoms with E-state index in [2.05, 4.69) is 5.32 Å². The number of alkyl halides is 3. The molecule has 2 amide bonds. The van der Waals surface area contributed by atoms with Crippen LogP contribution in [0.3, 0.4) is 0 Å². The van der Waals surface area contributed by atoms with Crippen molar-refractivity contribution in [2.75, 3.05) is 0 Å². The maximum atomic E-state index is 11.7. The largest absolute Gasteiger partial charge is 0.465 e. The molecule has 1 unspecified atom stereocenters. The van der Waals surface area contributed by atoms with Crippen molar-refractivity contribution in [3.05, 3.63) is 29.8 Å². The minimum absolute atomic E-state index is 0.123. The Bertz CT molecular complexity index is 518. The van der Waals surface area contributed by atoms with Gasteiger partial charge in [-0.05, 0) is 18.6 Å². The van der Waals surface area contributed by atoms with Crippen molar-refractivity contribution in [1.29, 1.82) is 0 Å². The molecule has 8 heteroatoms. The van der Waals surface area contributed by atoms with Crippen molar-refractivity contribution in [1.82, 2.24) is 5.32 Å². The zero-order chi connectivity index (χ0) is 16.0. The molecule has 0 saturated carbocycles. The van der Waals surface area contributed by atoms with Crippen LogP contribution in [-0.4, -0.2) is 21.8 Å². The van der Waals surface area contributed by atoms with E-state index >= 15 is 0 Å². The summed E-state index contributed by atoms with van der Waals surface area (Å²) in [4.78, 5) is 23.0. The summed E-state index contributed by atoms with van der Waals surface area (Å²) in [6, 6.07) is 6.22. The van der Waals surface area contributed by atoms with Crippen LogP contribution in [0.5, 0.6) is 5.75 Å². The monoisotopic (exact) mass is 352 g/mol. The number of rotatable bonds is 6. The number of ether oxygens (including phenoxy) is 1. The summed E-state index contributed by atoms with van der Waals surface area (Å²) in [6.07, 6.45) is -0.351. The number of hydrogen-bond acceptors (Lipinski definition) is 3. The first kappa shape index (κ1) is 17.9. The van der Waals surface area contributed by atoms with Crippen molar-refractivity contribution in [2.45, 2.75) is 29.8 Å². The molecule has 0 aliphatic heterocycles. The fourth-order valence-corrected chi connectivity index (χ4v) is 1.82. The molecule has 1 aromatic rings. The molecule has 0 aliphatic rings. The Labute approximate surface area is 137 Å². The van der Waals surface area contributed by atoms with Crippen LogP contribution in [0, 0.1) is 0 Å². The van der Waals surface area contributed by atoms with Gasteiger partial charge in [-0.1, -0.05) is 53.9 Å². The quantitative estimate of drug-likeness (QED) is 0.609. The van der Waals surface area contributed by atoms with E-state index in [1.54, 1.807) is 12.1 Å². The number of nitrogens with two attached hydrogens (primary N) is 1. The van der Waals surface area contributed by atoms with Gasteiger partial charge in [-0.25, -0.2) is 0 Å². The molecule has 21 heavy (non-hydrogen) atoms. The van der Waals surface area contributed by atoms with Gasteiger partial charge in [-0.2, -0.15) is 0 Å². The van der Waals surface area contributed by atoms with E-state index in [0.29, 0.717) is 6.42 Å². The molecule has 1 rings (SSSR count). The van der Waals surface area contributed by atoms with Crippen LogP contribution in [0.25, 0.3) is 0 Å². The lowest BCUT2D eigenvalue weighted by Gasteiger charge is -2.26. The van der Waals surface area contributed by atoms with Crippen LogP contribution in [0.1, 0.15) is 30.1 Å². The van der Waals surface area contributed by atoms with E-state index < -0.39 is 15.9 Å². The van der Waals surface area contributed by atoms with E-state index in [-0.39, 0.29) is 23.6 Å². The number of hydrogen-bond donors (Lipinski definition) is 2. The summed E-state index contributed by atoms with van der Waals surface area (Å²) in [5.41, 5.74) is 5.37. The maximum absolute atomic E-state index is 11.7. The van der Waals surface area contributed by atoms with Gasteiger partial charge in [0, 0.05) is 6.42 Å². The lowest BCUT2D eigenvalue weighted by Crippen LogP contribution is -2.48. The summed E-state index contributed by atoms with van der Waals surface area (Å²) in [5, 5.41) is 2.46. The highest BCUT2D eigenvalue weighted by Crippen LogP contribution is 2.32. The zero-order valence-corrected chi connectivity index (χ0v) is 13.5. The molecule has 3 N–H and O–H groups in total. The van der Waals surface area contributed by atoms with Crippen LogP contribution < -0.4 is 15.8 Å². The molecule has 0 fully saturated rings. The number of nitrogens with one attached hydrogen (secondary N) is 1. The molecular weight excluding hydrogens is 339 g/mol. The van der Waals surface area contributed by atoms with Gasteiger partial charge >= 0.3 is 0 Å². The Kier molecular flexibility index (Phi) is 6.58. The second-order valence-electron chi connectivity index (χ2n) is 4.22. The van der Waals surface area contributed by atoms with Gasteiger partial charge in [-0.15, -0.1) is 0 Å². The van der Waals surface area contributed by atoms with Gasteiger partial charge in [0.05, 0.1) is 5.56 Å². The summed E-state index contributed by atoms with van der Waals surface area (Å²) in [7, 11) is 0. The third-order valence-corrected chi connectivity index (χ3v) is 3.06. The Morgan fingerprint density at radius 2 is 1.95 bits per heavy atom.